The van der Waals surface area contributed by atoms with Crippen molar-refractivity contribution in [3.05, 3.63) is 53.3 Å². The van der Waals surface area contributed by atoms with Crippen molar-refractivity contribution in [2.75, 3.05) is 25.6 Å². The maximum Gasteiger partial charge on any atom is 0.255 e. The van der Waals surface area contributed by atoms with Gasteiger partial charge < -0.3 is 14.8 Å². The molecule has 1 aliphatic rings. The summed E-state index contributed by atoms with van der Waals surface area (Å²) in [6, 6.07) is 7.87. The molecule has 0 radical (unpaired) electrons. The molecule has 10 heteroatoms. The Balaban J connectivity index is 0.00000300. The van der Waals surface area contributed by atoms with Gasteiger partial charge in [-0.05, 0) is 55.3 Å². The fourth-order valence-electron chi connectivity index (χ4n) is 2.85. The topological polar surface area (TPSA) is 93.7 Å². The van der Waals surface area contributed by atoms with Gasteiger partial charge in [0.25, 0.3) is 5.91 Å². The van der Waals surface area contributed by atoms with E-state index in [1.807, 2.05) is 0 Å². The van der Waals surface area contributed by atoms with Crippen molar-refractivity contribution in [1.82, 2.24) is 4.72 Å². The van der Waals surface area contributed by atoms with Gasteiger partial charge in [0, 0.05) is 18.2 Å². The molecule has 0 aromatic heterocycles. The van der Waals surface area contributed by atoms with Gasteiger partial charge in [-0.3, -0.25) is 4.79 Å². The van der Waals surface area contributed by atoms with Crippen LogP contribution in [0.5, 0.6) is 5.75 Å². The van der Waals surface area contributed by atoms with Crippen LogP contribution in [0.3, 0.4) is 0 Å². The lowest BCUT2D eigenvalue weighted by atomic mass is 10.1. The van der Waals surface area contributed by atoms with Crippen LogP contribution in [0.4, 0.5) is 10.1 Å². The number of carbonyl (C=O) groups excluding carboxylic acids is 1. The van der Waals surface area contributed by atoms with Crippen molar-refractivity contribution in [2.24, 2.45) is 0 Å². The van der Waals surface area contributed by atoms with E-state index in [0.29, 0.717) is 30.9 Å². The Morgan fingerprint density at radius 2 is 2.00 bits per heavy atom. The lowest BCUT2D eigenvalue weighted by molar-refractivity contribution is 0.102. The molecule has 0 bridgehead atoms. The second kappa shape index (κ2) is 9.57. The summed E-state index contributed by atoms with van der Waals surface area (Å²) in [5.74, 6) is -0.618. The second-order valence-corrected chi connectivity index (χ2v) is 8.18. The summed E-state index contributed by atoms with van der Waals surface area (Å²) < 4.78 is 51.6. The predicted octanol–water partition coefficient (Wildman–Crippen LogP) is 2.58. The zero-order valence-electron chi connectivity index (χ0n) is 16.0. The van der Waals surface area contributed by atoms with Gasteiger partial charge in [0.05, 0.1) is 24.3 Å². The number of hydrogen-bond acceptors (Lipinski definition) is 5. The third-order valence-electron chi connectivity index (χ3n) is 4.40. The summed E-state index contributed by atoms with van der Waals surface area (Å²) in [6.07, 6.45) is 0.600. The van der Waals surface area contributed by atoms with E-state index in [0.717, 1.165) is 0 Å². The van der Waals surface area contributed by atoms with E-state index in [1.54, 1.807) is 6.92 Å². The first-order valence-corrected chi connectivity index (χ1v) is 10.1. The lowest BCUT2D eigenvalue weighted by Gasteiger charge is -2.15. The summed E-state index contributed by atoms with van der Waals surface area (Å²) in [4.78, 5) is 12.5. The Morgan fingerprint density at radius 1 is 1.24 bits per heavy atom. The molecule has 1 atom stereocenters. The zero-order chi connectivity index (χ0) is 20.3. The van der Waals surface area contributed by atoms with E-state index in [9.17, 15) is 17.6 Å². The SMILES string of the molecule is COc1ccc(S(=O)(=O)N[C@H]2CCOC2)cc1NC(=O)c1ccc(F)c(C)c1.S. The molecular formula is C19H23FN2O5S2. The number of anilines is 1. The van der Waals surface area contributed by atoms with Crippen molar-refractivity contribution in [3.8, 4) is 5.75 Å². The minimum Gasteiger partial charge on any atom is -0.495 e. The molecule has 2 aromatic rings. The van der Waals surface area contributed by atoms with E-state index in [-0.39, 0.29) is 35.7 Å². The second-order valence-electron chi connectivity index (χ2n) is 6.46. The number of ether oxygens (including phenoxy) is 2. The van der Waals surface area contributed by atoms with Gasteiger partial charge in [0.1, 0.15) is 11.6 Å². The highest BCUT2D eigenvalue weighted by Gasteiger charge is 2.24. The summed E-state index contributed by atoms with van der Waals surface area (Å²) >= 11 is 0. The number of benzene rings is 2. The Hall–Kier alpha value is -2.14. The Labute approximate surface area is 176 Å². The highest BCUT2D eigenvalue weighted by molar-refractivity contribution is 7.89. The zero-order valence-corrected chi connectivity index (χ0v) is 17.8. The van der Waals surface area contributed by atoms with Crippen LogP contribution >= 0.6 is 13.5 Å². The Kier molecular flexibility index (Phi) is 7.64. The van der Waals surface area contributed by atoms with Gasteiger partial charge >= 0.3 is 0 Å². The van der Waals surface area contributed by atoms with Crippen LogP contribution in [-0.4, -0.2) is 40.7 Å². The van der Waals surface area contributed by atoms with E-state index in [2.05, 4.69) is 10.0 Å². The average molecular weight is 443 g/mol. The number of hydrogen-bond donors (Lipinski definition) is 2. The van der Waals surface area contributed by atoms with Crippen LogP contribution < -0.4 is 14.8 Å². The fourth-order valence-corrected chi connectivity index (χ4v) is 4.13. The van der Waals surface area contributed by atoms with Gasteiger partial charge in [-0.1, -0.05) is 0 Å². The number of methoxy groups -OCH3 is 1. The number of aryl methyl sites for hydroxylation is 1. The highest BCUT2D eigenvalue weighted by atomic mass is 32.2. The largest absolute Gasteiger partial charge is 0.495 e. The number of nitrogens with one attached hydrogen (secondary N) is 2. The molecule has 1 aliphatic heterocycles. The molecule has 158 valence electrons. The van der Waals surface area contributed by atoms with Crippen molar-refractivity contribution < 1.29 is 27.1 Å². The lowest BCUT2D eigenvalue weighted by Crippen LogP contribution is -2.35. The molecule has 1 heterocycles. The van der Waals surface area contributed by atoms with Crippen LogP contribution in [0.2, 0.25) is 0 Å². The normalized spacial score (nSPS) is 16.2. The van der Waals surface area contributed by atoms with Crippen molar-refractivity contribution in [3.63, 3.8) is 0 Å². The van der Waals surface area contributed by atoms with Crippen LogP contribution in [0.1, 0.15) is 22.3 Å². The first kappa shape index (κ1) is 23.1. The summed E-state index contributed by atoms with van der Waals surface area (Å²) in [6.45, 7) is 2.38. The molecule has 1 fully saturated rings. The number of rotatable bonds is 6. The molecule has 1 saturated heterocycles. The smallest absolute Gasteiger partial charge is 0.255 e. The van der Waals surface area contributed by atoms with E-state index < -0.39 is 21.7 Å². The minimum atomic E-state index is -3.79. The number of amides is 1. The molecule has 0 unspecified atom stereocenters. The third-order valence-corrected chi connectivity index (χ3v) is 5.92. The van der Waals surface area contributed by atoms with Gasteiger partial charge in [0.15, 0.2) is 0 Å². The number of carbonyl (C=O) groups is 1. The van der Waals surface area contributed by atoms with Crippen molar-refractivity contribution in [1.29, 1.82) is 0 Å². The third kappa shape index (κ3) is 5.47. The summed E-state index contributed by atoms with van der Waals surface area (Å²) in [5.41, 5.74) is 0.773. The highest BCUT2D eigenvalue weighted by Crippen LogP contribution is 2.28. The molecule has 3 rings (SSSR count). The first-order valence-electron chi connectivity index (χ1n) is 8.66. The molecule has 1 amide bonds. The molecule has 7 nitrogen and oxygen atoms in total. The molecule has 2 N–H and O–H groups in total. The molecular weight excluding hydrogens is 419 g/mol. The van der Waals surface area contributed by atoms with E-state index in [1.165, 1.54) is 43.5 Å². The monoisotopic (exact) mass is 442 g/mol. The Bertz CT molecular complexity index is 992. The predicted molar refractivity (Wildman–Crippen MR) is 112 cm³/mol. The van der Waals surface area contributed by atoms with Gasteiger partial charge in [-0.2, -0.15) is 13.5 Å². The van der Waals surface area contributed by atoms with Crippen molar-refractivity contribution >= 4 is 35.1 Å². The van der Waals surface area contributed by atoms with Crippen LogP contribution in [-0.2, 0) is 14.8 Å². The van der Waals surface area contributed by atoms with E-state index >= 15 is 0 Å². The van der Waals surface area contributed by atoms with Gasteiger partial charge in [0.2, 0.25) is 10.0 Å². The summed E-state index contributed by atoms with van der Waals surface area (Å²) in [5, 5.41) is 2.63. The van der Waals surface area contributed by atoms with Gasteiger partial charge in [-0.15, -0.1) is 0 Å². The molecule has 29 heavy (non-hydrogen) atoms. The maximum atomic E-state index is 13.4. The minimum absolute atomic E-state index is 0. The fraction of sp³-hybridized carbons (Fsp3) is 0.316. The standard InChI is InChI=1S/C19H21FN2O5S.H2S/c1-12-9-13(3-5-16(12)20)19(23)21-17-10-15(4-6-18(17)26-2)28(24,25)22-14-7-8-27-11-14;/h3-6,9-10,14,22H,7-8,11H2,1-2H3,(H,21,23);1H2/t14-;/m0./s1. The maximum absolute atomic E-state index is 13.4. The first-order chi connectivity index (χ1) is 13.3. The quantitative estimate of drug-likeness (QED) is 0.717. The average Bonchev–Trinajstić information content (AvgIpc) is 3.16. The number of halogens is 1. The number of sulfonamides is 1. The van der Waals surface area contributed by atoms with E-state index in [4.69, 9.17) is 9.47 Å². The van der Waals surface area contributed by atoms with Crippen molar-refractivity contribution in [2.45, 2.75) is 24.3 Å². The molecule has 0 saturated carbocycles. The Morgan fingerprint density at radius 3 is 2.62 bits per heavy atom. The van der Waals surface area contributed by atoms with Crippen LogP contribution in [0.25, 0.3) is 0 Å². The molecule has 2 aromatic carbocycles. The van der Waals surface area contributed by atoms with Crippen LogP contribution in [0, 0.1) is 12.7 Å². The summed E-state index contributed by atoms with van der Waals surface area (Å²) in [7, 11) is -2.38. The molecule has 0 aliphatic carbocycles. The molecule has 0 spiro atoms. The van der Waals surface area contributed by atoms with Gasteiger partial charge in [-0.25, -0.2) is 17.5 Å². The van der Waals surface area contributed by atoms with Crippen LogP contribution in [0.15, 0.2) is 41.3 Å².